The first-order valence-electron chi connectivity index (χ1n) is 3.77. The summed E-state index contributed by atoms with van der Waals surface area (Å²) in [5.41, 5.74) is 1.22. The van der Waals surface area contributed by atoms with Crippen molar-refractivity contribution in [3.8, 4) is 0 Å². The van der Waals surface area contributed by atoms with Gasteiger partial charge < -0.3 is 5.32 Å². The summed E-state index contributed by atoms with van der Waals surface area (Å²) < 4.78 is 1.10. The Morgan fingerprint density at radius 2 is 2.17 bits per heavy atom. The third kappa shape index (κ3) is 2.34. The monoisotopic (exact) mass is 295 g/mol. The lowest BCUT2D eigenvalue weighted by Gasteiger charge is -2.10. The number of hydrogen-bond donors (Lipinski definition) is 1. The maximum absolute atomic E-state index is 5.98. The van der Waals surface area contributed by atoms with E-state index in [-0.39, 0.29) is 0 Å². The molecule has 0 heterocycles. The van der Waals surface area contributed by atoms with Crippen LogP contribution in [0.2, 0.25) is 5.02 Å². The van der Waals surface area contributed by atoms with Crippen molar-refractivity contribution in [3.05, 3.63) is 32.4 Å². The van der Waals surface area contributed by atoms with E-state index in [1.165, 1.54) is 5.56 Å². The maximum Gasteiger partial charge on any atom is 0.0542 e. The molecular formula is C9H11ClIN. The van der Waals surface area contributed by atoms with Crippen LogP contribution >= 0.6 is 34.2 Å². The van der Waals surface area contributed by atoms with Crippen LogP contribution in [0.15, 0.2) is 18.2 Å². The molecular weight excluding hydrogens is 284 g/mol. The second-order valence-electron chi connectivity index (χ2n) is 2.68. The van der Waals surface area contributed by atoms with Crippen molar-refractivity contribution in [3.63, 3.8) is 0 Å². The predicted molar refractivity (Wildman–Crippen MR) is 61.6 cm³/mol. The van der Waals surface area contributed by atoms with Crippen LogP contribution in [0, 0.1) is 3.57 Å². The van der Waals surface area contributed by atoms with Gasteiger partial charge in [0.2, 0.25) is 0 Å². The standard InChI is InChI=1S/C9H11ClIN/c1-6(12-2)7-3-4-9(11)8(10)5-7/h3-6,12H,1-2H3. The topological polar surface area (TPSA) is 12.0 Å². The van der Waals surface area contributed by atoms with Crippen molar-refractivity contribution in [2.24, 2.45) is 0 Å². The average molecular weight is 296 g/mol. The van der Waals surface area contributed by atoms with Crippen LogP contribution in [0.1, 0.15) is 18.5 Å². The first-order valence-corrected chi connectivity index (χ1v) is 5.23. The Morgan fingerprint density at radius 1 is 1.50 bits per heavy atom. The van der Waals surface area contributed by atoms with Crippen LogP contribution in [-0.2, 0) is 0 Å². The normalized spacial score (nSPS) is 13.0. The molecule has 0 saturated carbocycles. The quantitative estimate of drug-likeness (QED) is 0.826. The zero-order valence-corrected chi connectivity index (χ0v) is 9.98. The van der Waals surface area contributed by atoms with Crippen LogP contribution < -0.4 is 5.32 Å². The Bertz CT molecular complexity index is 275. The Morgan fingerprint density at radius 3 is 2.67 bits per heavy atom. The molecule has 1 aromatic carbocycles. The molecule has 1 rings (SSSR count). The van der Waals surface area contributed by atoms with Gasteiger partial charge in [-0.1, -0.05) is 17.7 Å². The summed E-state index contributed by atoms with van der Waals surface area (Å²) in [4.78, 5) is 0. The summed E-state index contributed by atoms with van der Waals surface area (Å²) in [5.74, 6) is 0. The predicted octanol–water partition coefficient (Wildman–Crippen LogP) is 3.23. The summed E-state index contributed by atoms with van der Waals surface area (Å²) in [6, 6.07) is 6.49. The SMILES string of the molecule is CNC(C)c1ccc(I)c(Cl)c1. The number of halogens is 2. The summed E-state index contributed by atoms with van der Waals surface area (Å²) >= 11 is 8.20. The van der Waals surface area contributed by atoms with Gasteiger partial charge in [0.1, 0.15) is 0 Å². The highest BCUT2D eigenvalue weighted by Crippen LogP contribution is 2.22. The molecule has 12 heavy (non-hydrogen) atoms. The van der Waals surface area contributed by atoms with Gasteiger partial charge in [0.15, 0.2) is 0 Å². The molecule has 1 unspecified atom stereocenters. The van der Waals surface area contributed by atoms with Crippen LogP contribution in [0.3, 0.4) is 0 Å². The van der Waals surface area contributed by atoms with E-state index in [4.69, 9.17) is 11.6 Å². The highest BCUT2D eigenvalue weighted by molar-refractivity contribution is 14.1. The van der Waals surface area contributed by atoms with Gasteiger partial charge in [0.05, 0.1) is 5.02 Å². The van der Waals surface area contributed by atoms with Crippen molar-refractivity contribution >= 4 is 34.2 Å². The van der Waals surface area contributed by atoms with E-state index in [2.05, 4.69) is 40.9 Å². The lowest BCUT2D eigenvalue weighted by Crippen LogP contribution is -2.12. The van der Waals surface area contributed by atoms with Crippen molar-refractivity contribution < 1.29 is 0 Å². The van der Waals surface area contributed by atoms with Crippen LogP contribution in [0.5, 0.6) is 0 Å². The van der Waals surface area contributed by atoms with E-state index in [0.29, 0.717) is 6.04 Å². The molecule has 1 N–H and O–H groups in total. The fourth-order valence-electron chi connectivity index (χ4n) is 0.948. The molecule has 66 valence electrons. The van der Waals surface area contributed by atoms with Gasteiger partial charge in [0, 0.05) is 9.61 Å². The second kappa shape index (κ2) is 4.44. The molecule has 1 nitrogen and oxygen atoms in total. The van der Waals surface area contributed by atoms with Gasteiger partial charge >= 0.3 is 0 Å². The first-order chi connectivity index (χ1) is 5.65. The molecule has 0 radical (unpaired) electrons. The molecule has 0 aliphatic carbocycles. The van der Waals surface area contributed by atoms with Crippen molar-refractivity contribution in [1.29, 1.82) is 0 Å². The number of rotatable bonds is 2. The zero-order valence-electron chi connectivity index (χ0n) is 7.07. The first kappa shape index (κ1) is 10.3. The molecule has 0 saturated heterocycles. The Labute approximate surface area is 91.6 Å². The number of benzene rings is 1. The molecule has 0 amide bonds. The highest BCUT2D eigenvalue weighted by Gasteiger charge is 2.04. The molecule has 0 bridgehead atoms. The van der Waals surface area contributed by atoms with E-state index >= 15 is 0 Å². The van der Waals surface area contributed by atoms with E-state index in [0.717, 1.165) is 8.59 Å². The molecule has 0 aliphatic heterocycles. The van der Waals surface area contributed by atoms with E-state index in [1.54, 1.807) is 0 Å². The third-order valence-corrected chi connectivity index (χ3v) is 3.45. The fourth-order valence-corrected chi connectivity index (χ4v) is 1.47. The number of nitrogens with one attached hydrogen (secondary N) is 1. The van der Waals surface area contributed by atoms with Crippen molar-refractivity contribution in [1.82, 2.24) is 5.32 Å². The van der Waals surface area contributed by atoms with Gasteiger partial charge in [-0.15, -0.1) is 0 Å². The molecule has 3 heteroatoms. The Balaban J connectivity index is 2.96. The van der Waals surface area contributed by atoms with Crippen LogP contribution in [0.25, 0.3) is 0 Å². The number of hydrogen-bond acceptors (Lipinski definition) is 1. The lowest BCUT2D eigenvalue weighted by molar-refractivity contribution is 0.652. The average Bonchev–Trinajstić information content (AvgIpc) is 2.08. The van der Waals surface area contributed by atoms with Crippen LogP contribution in [-0.4, -0.2) is 7.05 Å². The Hall–Kier alpha value is 0.200. The smallest absolute Gasteiger partial charge is 0.0542 e. The van der Waals surface area contributed by atoms with Crippen molar-refractivity contribution in [2.75, 3.05) is 7.05 Å². The van der Waals surface area contributed by atoms with Gasteiger partial charge in [-0.2, -0.15) is 0 Å². The summed E-state index contributed by atoms with van der Waals surface area (Å²) in [7, 11) is 1.94. The summed E-state index contributed by atoms with van der Waals surface area (Å²) in [6.07, 6.45) is 0. The molecule has 1 aromatic rings. The summed E-state index contributed by atoms with van der Waals surface area (Å²) in [5, 5.41) is 4.00. The van der Waals surface area contributed by atoms with Crippen molar-refractivity contribution in [2.45, 2.75) is 13.0 Å². The highest BCUT2D eigenvalue weighted by atomic mass is 127. The van der Waals surface area contributed by atoms with Gasteiger partial charge in [0.25, 0.3) is 0 Å². The largest absolute Gasteiger partial charge is 0.313 e. The zero-order chi connectivity index (χ0) is 9.14. The third-order valence-electron chi connectivity index (χ3n) is 1.88. The molecule has 0 aliphatic rings. The minimum Gasteiger partial charge on any atom is -0.313 e. The fraction of sp³-hybridized carbons (Fsp3) is 0.333. The summed E-state index contributed by atoms with van der Waals surface area (Å²) in [6.45, 7) is 2.11. The van der Waals surface area contributed by atoms with E-state index in [9.17, 15) is 0 Å². The van der Waals surface area contributed by atoms with E-state index in [1.807, 2.05) is 19.2 Å². The molecule has 0 aromatic heterocycles. The van der Waals surface area contributed by atoms with Crippen LogP contribution in [0.4, 0.5) is 0 Å². The molecule has 0 fully saturated rings. The van der Waals surface area contributed by atoms with Gasteiger partial charge in [-0.3, -0.25) is 0 Å². The maximum atomic E-state index is 5.98. The van der Waals surface area contributed by atoms with Gasteiger partial charge in [-0.25, -0.2) is 0 Å². The molecule has 0 spiro atoms. The second-order valence-corrected chi connectivity index (χ2v) is 4.25. The van der Waals surface area contributed by atoms with E-state index < -0.39 is 0 Å². The van der Waals surface area contributed by atoms with Gasteiger partial charge in [-0.05, 0) is 54.3 Å². The minimum atomic E-state index is 0.361. The lowest BCUT2D eigenvalue weighted by atomic mass is 10.1. The Kier molecular flexibility index (Phi) is 3.80. The molecule has 1 atom stereocenters. The minimum absolute atomic E-state index is 0.361.